The number of hydrogen-bond acceptors (Lipinski definition) is 6. The maximum absolute atomic E-state index is 13.0. The van der Waals surface area contributed by atoms with Gasteiger partial charge in [0.2, 0.25) is 5.91 Å². The van der Waals surface area contributed by atoms with Gasteiger partial charge < -0.3 is 30.0 Å². The molecule has 4 aliphatic rings. The largest absolute Gasteiger partial charge is 0.375 e. The lowest BCUT2D eigenvalue weighted by Crippen LogP contribution is -2.62. The van der Waals surface area contributed by atoms with Crippen LogP contribution in [0.4, 0.5) is 5.69 Å². The van der Waals surface area contributed by atoms with E-state index in [9.17, 15) is 14.4 Å². The van der Waals surface area contributed by atoms with Crippen molar-refractivity contribution in [3.63, 3.8) is 0 Å². The van der Waals surface area contributed by atoms with Crippen LogP contribution >= 0.6 is 0 Å². The zero-order chi connectivity index (χ0) is 25.0. The molecular formula is C27H40N4O4. The predicted molar refractivity (Wildman–Crippen MR) is 135 cm³/mol. The highest BCUT2D eigenvalue weighted by Crippen LogP contribution is 2.46. The molecule has 2 N–H and O–H groups in total. The van der Waals surface area contributed by atoms with E-state index in [1.807, 2.05) is 26.0 Å². The maximum Gasteiger partial charge on any atom is 0.255 e. The Morgan fingerprint density at radius 1 is 1.23 bits per heavy atom. The summed E-state index contributed by atoms with van der Waals surface area (Å²) in [5.41, 5.74) is 3.27. The Morgan fingerprint density at radius 3 is 2.54 bits per heavy atom. The van der Waals surface area contributed by atoms with Gasteiger partial charge in [-0.25, -0.2) is 0 Å². The second kappa shape index (κ2) is 11.1. The van der Waals surface area contributed by atoms with E-state index in [4.69, 9.17) is 4.74 Å². The first kappa shape index (κ1) is 25.6. The lowest BCUT2D eigenvalue weighted by molar-refractivity contribution is -0.135. The fourth-order valence-corrected chi connectivity index (χ4v) is 5.89. The van der Waals surface area contributed by atoms with Gasteiger partial charge in [-0.05, 0) is 55.9 Å². The summed E-state index contributed by atoms with van der Waals surface area (Å²) < 4.78 is 6.37. The summed E-state index contributed by atoms with van der Waals surface area (Å²) in [5, 5.41) is 6.00. The Balaban J connectivity index is 0.00000141. The first-order valence-electron chi connectivity index (χ1n) is 13.2. The number of likely N-dealkylation sites (N-methyl/N-ethyl adjacent to an activating group) is 1. The number of anilines is 1. The first-order chi connectivity index (χ1) is 17.0. The summed E-state index contributed by atoms with van der Waals surface area (Å²) in [5.74, 6) is -0.366. The van der Waals surface area contributed by atoms with Gasteiger partial charge >= 0.3 is 0 Å². The minimum absolute atomic E-state index is 0.136. The minimum atomic E-state index is -0.627. The second-order valence-corrected chi connectivity index (χ2v) is 10.1. The van der Waals surface area contributed by atoms with E-state index in [0.29, 0.717) is 36.2 Å². The molecule has 2 amide bonds. The fourth-order valence-electron chi connectivity index (χ4n) is 5.89. The Labute approximate surface area is 208 Å². The van der Waals surface area contributed by atoms with Crippen molar-refractivity contribution in [2.24, 2.45) is 5.41 Å². The molecule has 8 heteroatoms. The minimum Gasteiger partial charge on any atom is -0.375 e. The lowest BCUT2D eigenvalue weighted by atomic mass is 9.63. The Morgan fingerprint density at radius 2 is 1.94 bits per heavy atom. The van der Waals surface area contributed by atoms with E-state index < -0.39 is 6.04 Å². The molecule has 0 bridgehead atoms. The van der Waals surface area contributed by atoms with Crippen LogP contribution in [0.5, 0.6) is 0 Å². The first-order valence-corrected chi connectivity index (χ1v) is 13.2. The molecule has 0 aromatic heterocycles. The topological polar surface area (TPSA) is 91.0 Å². The van der Waals surface area contributed by atoms with Crippen molar-refractivity contribution in [1.29, 1.82) is 0 Å². The summed E-state index contributed by atoms with van der Waals surface area (Å²) in [6, 6.07) is 5.37. The standard InChI is InChI=1S/C25H34N4O4.C2H6/c1-26-23(31)22(3-2-10-30)29-14-17-11-18(4-5-21(17)24(29)32)28-8-6-19(7-9-28)33-20-12-25(13-20)15-27-16-25;1-2/h4-5,10-11,19-20,22,27H,2-3,6-9,12-16H2,1H3,(H,26,31);1-2H3. The number of carbonyl (C=O) groups excluding carboxylic acids is 3. The van der Waals surface area contributed by atoms with Crippen LogP contribution in [-0.2, 0) is 20.9 Å². The second-order valence-electron chi connectivity index (χ2n) is 10.1. The molecule has 1 spiro atoms. The van der Waals surface area contributed by atoms with Gasteiger partial charge in [0.15, 0.2) is 0 Å². The van der Waals surface area contributed by atoms with Crippen LogP contribution < -0.4 is 15.5 Å². The summed E-state index contributed by atoms with van der Waals surface area (Å²) in [6.45, 7) is 8.60. The van der Waals surface area contributed by atoms with Gasteiger partial charge in [-0.1, -0.05) is 13.8 Å². The fraction of sp³-hybridized carbons (Fsp3) is 0.667. The highest BCUT2D eigenvalue weighted by Gasteiger charge is 2.49. The van der Waals surface area contributed by atoms with Crippen LogP contribution in [-0.4, -0.2) is 74.5 Å². The molecule has 1 unspecified atom stereocenters. The predicted octanol–water partition coefficient (Wildman–Crippen LogP) is 2.50. The van der Waals surface area contributed by atoms with Crippen molar-refractivity contribution >= 4 is 23.8 Å². The molecular weight excluding hydrogens is 444 g/mol. The number of nitrogens with zero attached hydrogens (tertiary/aromatic N) is 2. The molecule has 35 heavy (non-hydrogen) atoms. The summed E-state index contributed by atoms with van der Waals surface area (Å²) in [7, 11) is 1.56. The van der Waals surface area contributed by atoms with Gasteiger partial charge in [-0.2, -0.15) is 0 Å². The number of ether oxygens (including phenoxy) is 1. The number of benzene rings is 1. The van der Waals surface area contributed by atoms with Crippen LogP contribution in [0, 0.1) is 5.41 Å². The number of carbonyl (C=O) groups is 3. The number of rotatable bonds is 8. The quantitative estimate of drug-likeness (QED) is 0.551. The maximum atomic E-state index is 13.0. The van der Waals surface area contributed by atoms with E-state index >= 15 is 0 Å². The molecule has 3 fully saturated rings. The number of hydrogen-bond donors (Lipinski definition) is 2. The van der Waals surface area contributed by atoms with E-state index in [1.165, 1.54) is 12.8 Å². The molecule has 3 heterocycles. The van der Waals surface area contributed by atoms with Crippen LogP contribution in [0.25, 0.3) is 0 Å². The third kappa shape index (κ3) is 5.23. The van der Waals surface area contributed by atoms with Crippen LogP contribution in [0.1, 0.15) is 68.3 Å². The molecule has 1 aromatic rings. The van der Waals surface area contributed by atoms with E-state index in [-0.39, 0.29) is 18.2 Å². The van der Waals surface area contributed by atoms with Gasteiger partial charge in [-0.3, -0.25) is 9.59 Å². The lowest BCUT2D eigenvalue weighted by Gasteiger charge is -2.54. The molecule has 1 aromatic carbocycles. The van der Waals surface area contributed by atoms with Gasteiger partial charge in [0.1, 0.15) is 12.3 Å². The number of nitrogens with one attached hydrogen (secondary N) is 2. The van der Waals surface area contributed by atoms with E-state index in [1.54, 1.807) is 11.9 Å². The summed E-state index contributed by atoms with van der Waals surface area (Å²) in [6.07, 6.45) is 6.62. The smallest absolute Gasteiger partial charge is 0.255 e. The number of fused-ring (bicyclic) bond motifs is 1. The molecule has 1 saturated carbocycles. The Kier molecular flexibility index (Phi) is 8.12. The van der Waals surface area contributed by atoms with Crippen molar-refractivity contribution < 1.29 is 19.1 Å². The number of piperidine rings is 1. The van der Waals surface area contributed by atoms with Crippen molar-refractivity contribution in [3.05, 3.63) is 29.3 Å². The normalized spacial score (nSPS) is 22.0. The average Bonchev–Trinajstić information content (AvgIpc) is 3.17. The summed E-state index contributed by atoms with van der Waals surface area (Å²) in [4.78, 5) is 40.2. The highest BCUT2D eigenvalue weighted by molar-refractivity contribution is 6.01. The Bertz CT molecular complexity index is 916. The number of aldehydes is 1. The molecule has 0 radical (unpaired) electrons. The molecule has 1 aliphatic carbocycles. The van der Waals surface area contributed by atoms with Gasteiger partial charge in [0.05, 0.1) is 12.2 Å². The highest BCUT2D eigenvalue weighted by atomic mass is 16.5. The van der Waals surface area contributed by atoms with Gasteiger partial charge in [0.25, 0.3) is 5.91 Å². The Hall–Kier alpha value is -2.45. The van der Waals surface area contributed by atoms with Crippen LogP contribution in [0.3, 0.4) is 0 Å². The monoisotopic (exact) mass is 484 g/mol. The average molecular weight is 485 g/mol. The molecule has 8 nitrogen and oxygen atoms in total. The molecule has 5 rings (SSSR count). The SMILES string of the molecule is CC.CNC(=O)C(CCC=O)N1Cc2cc(N3CCC(OC4CC5(CNC5)C4)CC3)ccc2C1=O. The van der Waals surface area contributed by atoms with Crippen molar-refractivity contribution in [2.45, 2.75) is 77.2 Å². The zero-order valence-corrected chi connectivity index (χ0v) is 21.3. The molecule has 1 atom stereocenters. The van der Waals surface area contributed by atoms with E-state index in [0.717, 1.165) is 56.6 Å². The van der Waals surface area contributed by atoms with Crippen LogP contribution in [0.15, 0.2) is 18.2 Å². The molecule has 192 valence electrons. The van der Waals surface area contributed by atoms with Gasteiger partial charge in [-0.15, -0.1) is 0 Å². The summed E-state index contributed by atoms with van der Waals surface area (Å²) >= 11 is 0. The van der Waals surface area contributed by atoms with Crippen molar-refractivity contribution in [3.8, 4) is 0 Å². The number of amides is 2. The van der Waals surface area contributed by atoms with Gasteiger partial charge in [0, 0.05) is 62.9 Å². The van der Waals surface area contributed by atoms with Crippen LogP contribution in [0.2, 0.25) is 0 Å². The van der Waals surface area contributed by atoms with E-state index in [2.05, 4.69) is 21.6 Å². The molecule has 3 aliphatic heterocycles. The third-order valence-corrected chi connectivity index (χ3v) is 7.92. The van der Waals surface area contributed by atoms with Crippen molar-refractivity contribution in [1.82, 2.24) is 15.5 Å². The third-order valence-electron chi connectivity index (χ3n) is 7.92. The zero-order valence-electron chi connectivity index (χ0n) is 21.3. The van der Waals surface area contributed by atoms with Crippen molar-refractivity contribution in [2.75, 3.05) is 38.1 Å². The molecule has 2 saturated heterocycles.